The third kappa shape index (κ3) is 6.76. The van der Waals surface area contributed by atoms with E-state index in [0.29, 0.717) is 55.4 Å². The number of piperazine rings is 1. The first-order valence-corrected chi connectivity index (χ1v) is 13.7. The van der Waals surface area contributed by atoms with Gasteiger partial charge in [0.2, 0.25) is 5.91 Å². The molecule has 2 fully saturated rings. The number of carbonyl (C=O) groups is 2. The van der Waals surface area contributed by atoms with Gasteiger partial charge in [0.1, 0.15) is 17.7 Å². The molecule has 0 radical (unpaired) electrons. The fourth-order valence-corrected chi connectivity index (χ4v) is 5.27. The minimum atomic E-state index is -4.50. The quantitative estimate of drug-likeness (QED) is 0.366. The summed E-state index contributed by atoms with van der Waals surface area (Å²) in [6.07, 6.45) is -4.81. The number of pyridine rings is 1. The number of carbonyl (C=O) groups excluding carboxylic acids is 2. The summed E-state index contributed by atoms with van der Waals surface area (Å²) in [6.45, 7) is 4.88. The largest absolute Gasteiger partial charge is 0.442 e. The van der Waals surface area contributed by atoms with Crippen molar-refractivity contribution in [3.8, 4) is 11.1 Å². The standard InChI is InChI=1S/C29H28ClF4N5O3/c1-18(40)35-15-23-17-39(28(41)42-23)22-6-7-24(26(31)13-22)20-4-2-19(3-5-20)16-37-8-10-38(11-9-37)27-25(30)12-21(14-36-27)29(32,33)34/h2-7,12-14,23H,8-11,15-17H2,1H3,(H,35,40)/t23-/m0/s1. The van der Waals surface area contributed by atoms with Gasteiger partial charge >= 0.3 is 12.3 Å². The highest BCUT2D eigenvalue weighted by Gasteiger charge is 2.33. The van der Waals surface area contributed by atoms with Gasteiger partial charge in [0.25, 0.3) is 0 Å². The lowest BCUT2D eigenvalue weighted by atomic mass is 10.0. The Morgan fingerprint density at radius 2 is 1.81 bits per heavy atom. The number of hydrogen-bond acceptors (Lipinski definition) is 6. The number of hydrogen-bond donors (Lipinski definition) is 1. The molecular formula is C29H28ClF4N5O3. The lowest BCUT2D eigenvalue weighted by Crippen LogP contribution is -2.46. The van der Waals surface area contributed by atoms with Crippen molar-refractivity contribution >= 4 is 35.1 Å². The van der Waals surface area contributed by atoms with Crippen molar-refractivity contribution in [2.24, 2.45) is 0 Å². The van der Waals surface area contributed by atoms with Crippen molar-refractivity contribution in [3.63, 3.8) is 0 Å². The number of ether oxygens (including phenoxy) is 1. The molecular weight excluding hydrogens is 578 g/mol. The summed E-state index contributed by atoms with van der Waals surface area (Å²) >= 11 is 6.11. The van der Waals surface area contributed by atoms with Gasteiger partial charge in [-0.2, -0.15) is 13.2 Å². The average molecular weight is 606 g/mol. The van der Waals surface area contributed by atoms with Crippen LogP contribution in [0.3, 0.4) is 0 Å². The molecule has 8 nitrogen and oxygen atoms in total. The van der Waals surface area contributed by atoms with Gasteiger partial charge in [-0.05, 0) is 35.4 Å². The van der Waals surface area contributed by atoms with E-state index >= 15 is 4.39 Å². The average Bonchev–Trinajstić information content (AvgIpc) is 3.33. The van der Waals surface area contributed by atoms with Crippen LogP contribution in [0.25, 0.3) is 11.1 Å². The number of nitrogens with zero attached hydrogens (tertiary/aromatic N) is 4. The zero-order valence-corrected chi connectivity index (χ0v) is 23.4. The molecule has 1 atom stereocenters. The van der Waals surface area contributed by atoms with Gasteiger partial charge in [-0.3, -0.25) is 14.6 Å². The second-order valence-electron chi connectivity index (χ2n) is 10.2. The summed E-state index contributed by atoms with van der Waals surface area (Å²) < 4.78 is 59.1. The number of benzene rings is 2. The fourth-order valence-electron chi connectivity index (χ4n) is 4.99. The van der Waals surface area contributed by atoms with Gasteiger partial charge in [0.05, 0.1) is 29.4 Å². The van der Waals surface area contributed by atoms with Crippen molar-refractivity contribution < 1.29 is 31.9 Å². The first-order chi connectivity index (χ1) is 20.0. The minimum Gasteiger partial charge on any atom is -0.442 e. The van der Waals surface area contributed by atoms with Gasteiger partial charge in [0, 0.05) is 51.4 Å². The number of nitrogens with one attached hydrogen (secondary N) is 1. The van der Waals surface area contributed by atoms with E-state index in [1.165, 1.54) is 17.9 Å². The van der Waals surface area contributed by atoms with Crippen LogP contribution >= 0.6 is 11.6 Å². The Hall–Kier alpha value is -3.90. The first kappa shape index (κ1) is 29.6. The Bertz CT molecular complexity index is 1460. The van der Waals surface area contributed by atoms with Crippen LogP contribution < -0.4 is 15.1 Å². The molecule has 0 saturated carbocycles. The molecule has 0 aliphatic carbocycles. The lowest BCUT2D eigenvalue weighted by Gasteiger charge is -2.35. The molecule has 42 heavy (non-hydrogen) atoms. The molecule has 222 valence electrons. The van der Waals surface area contributed by atoms with Gasteiger partial charge in [0.15, 0.2) is 0 Å². The second kappa shape index (κ2) is 12.1. The van der Waals surface area contributed by atoms with Gasteiger partial charge in [-0.25, -0.2) is 14.2 Å². The number of aromatic nitrogens is 1. The Morgan fingerprint density at radius 1 is 1.10 bits per heavy atom. The van der Waals surface area contributed by atoms with E-state index in [1.807, 2.05) is 29.2 Å². The fraction of sp³-hybridized carbons (Fsp3) is 0.345. The zero-order chi connectivity index (χ0) is 30.0. The number of cyclic esters (lactones) is 1. The second-order valence-corrected chi connectivity index (χ2v) is 10.6. The first-order valence-electron chi connectivity index (χ1n) is 13.3. The molecule has 0 unspecified atom stereocenters. The van der Waals surface area contributed by atoms with E-state index in [2.05, 4.69) is 15.2 Å². The van der Waals surface area contributed by atoms with Gasteiger partial charge in [-0.15, -0.1) is 0 Å². The summed E-state index contributed by atoms with van der Waals surface area (Å²) in [7, 11) is 0. The molecule has 3 heterocycles. The Labute approximate surface area is 244 Å². The van der Waals surface area contributed by atoms with E-state index in [1.54, 1.807) is 12.1 Å². The molecule has 2 aliphatic rings. The zero-order valence-electron chi connectivity index (χ0n) is 22.6. The van der Waals surface area contributed by atoms with Crippen LogP contribution in [-0.4, -0.2) is 67.3 Å². The highest BCUT2D eigenvalue weighted by molar-refractivity contribution is 6.33. The topological polar surface area (TPSA) is 78.0 Å². The van der Waals surface area contributed by atoms with Crippen LogP contribution in [0.5, 0.6) is 0 Å². The summed E-state index contributed by atoms with van der Waals surface area (Å²) in [5, 5.41) is 2.58. The maximum atomic E-state index is 15.1. The molecule has 2 aliphatic heterocycles. The third-order valence-corrected chi connectivity index (χ3v) is 7.49. The molecule has 2 saturated heterocycles. The van der Waals surface area contributed by atoms with Crippen LogP contribution in [0.2, 0.25) is 5.02 Å². The monoisotopic (exact) mass is 605 g/mol. The molecule has 2 amide bonds. The maximum Gasteiger partial charge on any atom is 0.417 e. The van der Waals surface area contributed by atoms with Crippen molar-refractivity contribution in [2.45, 2.75) is 25.7 Å². The van der Waals surface area contributed by atoms with Crippen molar-refractivity contribution in [3.05, 3.63) is 76.7 Å². The van der Waals surface area contributed by atoms with Crippen LogP contribution in [0.1, 0.15) is 18.1 Å². The summed E-state index contributed by atoms with van der Waals surface area (Å²) in [5.41, 5.74) is 1.60. The highest BCUT2D eigenvalue weighted by atomic mass is 35.5. The van der Waals surface area contributed by atoms with Crippen LogP contribution in [0.15, 0.2) is 54.7 Å². The number of rotatable bonds is 7. The van der Waals surface area contributed by atoms with Crippen LogP contribution in [0, 0.1) is 5.82 Å². The number of halogens is 5. The molecule has 5 rings (SSSR count). The summed E-state index contributed by atoms with van der Waals surface area (Å²) in [6, 6.07) is 13.0. The minimum absolute atomic E-state index is 0.0272. The SMILES string of the molecule is CC(=O)NC[C@H]1CN(c2ccc(-c3ccc(CN4CCN(c5ncc(C(F)(F)F)cc5Cl)CC4)cc3)c(F)c2)C(=O)O1. The molecule has 2 aromatic carbocycles. The number of amides is 2. The van der Waals surface area contributed by atoms with E-state index in [9.17, 15) is 22.8 Å². The predicted molar refractivity (Wildman–Crippen MR) is 150 cm³/mol. The summed E-state index contributed by atoms with van der Waals surface area (Å²) in [4.78, 5) is 32.8. The maximum absolute atomic E-state index is 15.1. The van der Waals surface area contributed by atoms with E-state index in [4.69, 9.17) is 16.3 Å². The van der Waals surface area contributed by atoms with E-state index in [-0.39, 0.29) is 24.0 Å². The normalized spacial score (nSPS) is 17.9. The van der Waals surface area contributed by atoms with E-state index in [0.717, 1.165) is 17.8 Å². The van der Waals surface area contributed by atoms with Crippen LogP contribution in [0.4, 0.5) is 33.9 Å². The van der Waals surface area contributed by atoms with Gasteiger partial charge in [-0.1, -0.05) is 35.9 Å². The molecule has 3 aromatic rings. The van der Waals surface area contributed by atoms with Crippen molar-refractivity contribution in [2.75, 3.05) is 49.1 Å². The Kier molecular flexibility index (Phi) is 8.55. The molecule has 0 bridgehead atoms. The Balaban J connectivity index is 1.16. The van der Waals surface area contributed by atoms with E-state index < -0.39 is 29.8 Å². The van der Waals surface area contributed by atoms with Crippen molar-refractivity contribution in [1.29, 1.82) is 0 Å². The molecule has 13 heteroatoms. The molecule has 1 N–H and O–H groups in total. The smallest absolute Gasteiger partial charge is 0.417 e. The number of alkyl halides is 3. The predicted octanol–water partition coefficient (Wildman–Crippen LogP) is 5.34. The highest BCUT2D eigenvalue weighted by Crippen LogP contribution is 2.34. The van der Waals surface area contributed by atoms with Crippen LogP contribution in [-0.2, 0) is 22.3 Å². The van der Waals surface area contributed by atoms with Crippen molar-refractivity contribution in [1.82, 2.24) is 15.2 Å². The van der Waals surface area contributed by atoms with Gasteiger partial charge < -0.3 is 15.0 Å². The molecule has 0 spiro atoms. The number of anilines is 2. The third-order valence-electron chi connectivity index (χ3n) is 7.21. The summed E-state index contributed by atoms with van der Waals surface area (Å²) in [5.74, 6) is -0.369. The Morgan fingerprint density at radius 3 is 2.43 bits per heavy atom. The lowest BCUT2D eigenvalue weighted by molar-refractivity contribution is -0.137. The molecule has 1 aromatic heterocycles.